The minimum atomic E-state index is -0.504. The molecule has 0 bridgehead atoms. The maximum absolute atomic E-state index is 12.5. The molecule has 1 aromatic rings. The van der Waals surface area contributed by atoms with E-state index < -0.39 is 5.60 Å². The first-order valence-corrected chi connectivity index (χ1v) is 9.73. The largest absolute Gasteiger partial charge is 0.444 e. The zero-order chi connectivity index (χ0) is 20.0. The lowest BCUT2D eigenvalue weighted by molar-refractivity contribution is -0.121. The fourth-order valence-corrected chi connectivity index (χ4v) is 3.09. The minimum absolute atomic E-state index is 0.0174. The topological polar surface area (TPSA) is 74.8 Å². The molecule has 0 aliphatic carbocycles. The second-order valence-electron chi connectivity index (χ2n) is 7.81. The van der Waals surface area contributed by atoms with Crippen LogP contribution >= 0.6 is 0 Å². The van der Waals surface area contributed by atoms with Crippen LogP contribution in [0.15, 0.2) is 18.3 Å². The van der Waals surface area contributed by atoms with Crippen LogP contribution in [-0.4, -0.2) is 53.7 Å². The zero-order valence-corrected chi connectivity index (χ0v) is 17.1. The van der Waals surface area contributed by atoms with Crippen molar-refractivity contribution >= 4 is 23.5 Å². The average molecular weight is 377 g/mol. The summed E-state index contributed by atoms with van der Waals surface area (Å²) in [4.78, 5) is 32.9. The van der Waals surface area contributed by atoms with Crippen LogP contribution in [0.25, 0.3) is 0 Å². The molecular weight excluding hydrogens is 344 g/mol. The Kier molecular flexibility index (Phi) is 7.05. The molecule has 1 N–H and O–H groups in total. The normalized spacial score (nSPS) is 15.4. The first-order valence-electron chi connectivity index (χ1n) is 9.73. The highest BCUT2D eigenvalue weighted by Gasteiger charge is 2.29. The molecule has 7 nitrogen and oxygen atoms in total. The molecule has 2 rings (SSSR count). The third-order valence-corrected chi connectivity index (χ3v) is 4.62. The van der Waals surface area contributed by atoms with E-state index in [4.69, 9.17) is 4.74 Å². The van der Waals surface area contributed by atoms with Gasteiger partial charge in [0.15, 0.2) is 0 Å². The Hall–Kier alpha value is -2.31. The maximum atomic E-state index is 12.5. The fraction of sp³-hybridized carbons (Fsp3) is 0.650. The Balaban J connectivity index is 1.85. The highest BCUT2D eigenvalue weighted by molar-refractivity contribution is 5.92. The lowest BCUT2D eigenvalue weighted by atomic mass is 9.96. The SMILES string of the molecule is CCN(CC)c1ccc(NC(=O)C2CCN(C(=O)OC(C)(C)C)CC2)cn1. The number of anilines is 2. The summed E-state index contributed by atoms with van der Waals surface area (Å²) in [5.74, 6) is 0.783. The van der Waals surface area contributed by atoms with Gasteiger partial charge in [0.25, 0.3) is 0 Å². The Labute approximate surface area is 162 Å². The van der Waals surface area contributed by atoms with E-state index in [-0.39, 0.29) is 17.9 Å². The van der Waals surface area contributed by atoms with Crippen molar-refractivity contribution in [2.24, 2.45) is 5.92 Å². The van der Waals surface area contributed by atoms with Crippen molar-refractivity contribution in [3.63, 3.8) is 0 Å². The number of aromatic nitrogens is 1. The standard InChI is InChI=1S/C20H32N4O3/c1-6-23(7-2)17-9-8-16(14-21-17)22-18(25)15-10-12-24(13-11-15)19(26)27-20(3,4)5/h8-9,14-15H,6-7,10-13H2,1-5H3,(H,22,25). The molecule has 1 aliphatic rings. The van der Waals surface area contributed by atoms with Gasteiger partial charge in [-0.3, -0.25) is 4.79 Å². The maximum Gasteiger partial charge on any atom is 0.410 e. The smallest absolute Gasteiger partial charge is 0.410 e. The number of carbonyl (C=O) groups excluding carboxylic acids is 2. The van der Waals surface area contributed by atoms with Crippen molar-refractivity contribution < 1.29 is 14.3 Å². The molecule has 150 valence electrons. The monoisotopic (exact) mass is 376 g/mol. The molecule has 1 saturated heterocycles. The second kappa shape index (κ2) is 9.06. The van der Waals surface area contributed by atoms with Gasteiger partial charge in [-0.1, -0.05) is 0 Å². The Bertz CT molecular complexity index is 628. The molecule has 1 aliphatic heterocycles. The summed E-state index contributed by atoms with van der Waals surface area (Å²) in [5.41, 5.74) is 0.195. The van der Waals surface area contributed by atoms with E-state index in [9.17, 15) is 9.59 Å². The summed E-state index contributed by atoms with van der Waals surface area (Å²) in [7, 11) is 0. The van der Waals surface area contributed by atoms with Gasteiger partial charge in [0.2, 0.25) is 5.91 Å². The van der Waals surface area contributed by atoms with Gasteiger partial charge in [-0.15, -0.1) is 0 Å². The van der Waals surface area contributed by atoms with Gasteiger partial charge in [0.05, 0.1) is 11.9 Å². The van der Waals surface area contributed by atoms with Gasteiger partial charge in [0.1, 0.15) is 11.4 Å². The van der Waals surface area contributed by atoms with Crippen LogP contribution in [0.5, 0.6) is 0 Å². The summed E-state index contributed by atoms with van der Waals surface area (Å²) < 4.78 is 5.39. The van der Waals surface area contributed by atoms with Crippen molar-refractivity contribution in [1.29, 1.82) is 0 Å². The molecule has 1 fully saturated rings. The predicted molar refractivity (Wildman–Crippen MR) is 107 cm³/mol. The van der Waals surface area contributed by atoms with Gasteiger partial charge >= 0.3 is 6.09 Å². The van der Waals surface area contributed by atoms with Gasteiger partial charge in [0, 0.05) is 32.1 Å². The minimum Gasteiger partial charge on any atom is -0.444 e. The van der Waals surface area contributed by atoms with Crippen molar-refractivity contribution in [3.8, 4) is 0 Å². The number of likely N-dealkylation sites (tertiary alicyclic amines) is 1. The van der Waals surface area contributed by atoms with Crippen molar-refractivity contribution in [3.05, 3.63) is 18.3 Å². The molecule has 0 atom stereocenters. The average Bonchev–Trinajstić information content (AvgIpc) is 2.63. The van der Waals surface area contributed by atoms with E-state index in [2.05, 4.69) is 29.0 Å². The summed E-state index contributed by atoms with van der Waals surface area (Å²) in [6.07, 6.45) is 2.66. The quantitative estimate of drug-likeness (QED) is 0.851. The van der Waals surface area contributed by atoms with Crippen molar-refractivity contribution in [2.45, 2.75) is 53.1 Å². The van der Waals surface area contributed by atoms with Crippen LogP contribution in [-0.2, 0) is 9.53 Å². The van der Waals surface area contributed by atoms with Gasteiger partial charge < -0.3 is 19.9 Å². The number of hydrogen-bond donors (Lipinski definition) is 1. The van der Waals surface area contributed by atoms with Gasteiger partial charge in [-0.25, -0.2) is 9.78 Å². The third-order valence-electron chi connectivity index (χ3n) is 4.62. The molecule has 27 heavy (non-hydrogen) atoms. The number of piperidine rings is 1. The number of rotatable bonds is 5. The molecule has 0 radical (unpaired) electrons. The Morgan fingerprint density at radius 1 is 1.22 bits per heavy atom. The lowest BCUT2D eigenvalue weighted by Gasteiger charge is -2.32. The molecule has 0 aromatic carbocycles. The zero-order valence-electron chi connectivity index (χ0n) is 17.1. The summed E-state index contributed by atoms with van der Waals surface area (Å²) in [6.45, 7) is 12.6. The van der Waals surface area contributed by atoms with Crippen LogP contribution < -0.4 is 10.2 Å². The number of carbonyl (C=O) groups is 2. The number of nitrogens with zero attached hydrogens (tertiary/aromatic N) is 3. The molecular formula is C20H32N4O3. The molecule has 0 unspecified atom stereocenters. The van der Waals surface area contributed by atoms with Crippen LogP contribution in [0.4, 0.5) is 16.3 Å². The highest BCUT2D eigenvalue weighted by Crippen LogP contribution is 2.22. The second-order valence-corrected chi connectivity index (χ2v) is 7.81. The molecule has 2 amide bonds. The summed E-state index contributed by atoms with van der Waals surface area (Å²) in [5, 5.41) is 2.94. The molecule has 2 heterocycles. The van der Waals surface area contributed by atoms with E-state index in [0.29, 0.717) is 31.6 Å². The van der Waals surface area contributed by atoms with Crippen LogP contribution in [0, 0.1) is 5.92 Å². The first-order chi connectivity index (χ1) is 12.7. The first kappa shape index (κ1) is 21.0. The molecule has 0 spiro atoms. The third kappa shape index (κ3) is 6.12. The lowest BCUT2D eigenvalue weighted by Crippen LogP contribution is -2.43. The van der Waals surface area contributed by atoms with E-state index >= 15 is 0 Å². The van der Waals surface area contributed by atoms with E-state index in [0.717, 1.165) is 18.9 Å². The number of nitrogens with one attached hydrogen (secondary N) is 1. The number of ether oxygens (including phenoxy) is 1. The molecule has 0 saturated carbocycles. The van der Waals surface area contributed by atoms with Crippen LogP contribution in [0.1, 0.15) is 47.5 Å². The van der Waals surface area contributed by atoms with Crippen LogP contribution in [0.3, 0.4) is 0 Å². The van der Waals surface area contributed by atoms with Gasteiger partial charge in [-0.05, 0) is 59.6 Å². The number of amides is 2. The molecule has 1 aromatic heterocycles. The van der Waals surface area contributed by atoms with E-state index in [1.165, 1.54) is 0 Å². The highest BCUT2D eigenvalue weighted by atomic mass is 16.6. The van der Waals surface area contributed by atoms with Gasteiger partial charge in [-0.2, -0.15) is 0 Å². The molecule has 7 heteroatoms. The fourth-order valence-electron chi connectivity index (χ4n) is 3.09. The van der Waals surface area contributed by atoms with E-state index in [1.807, 2.05) is 32.9 Å². The van der Waals surface area contributed by atoms with Crippen molar-refractivity contribution in [1.82, 2.24) is 9.88 Å². The van der Waals surface area contributed by atoms with E-state index in [1.54, 1.807) is 11.1 Å². The van der Waals surface area contributed by atoms with Crippen LogP contribution in [0.2, 0.25) is 0 Å². The Morgan fingerprint density at radius 2 is 1.85 bits per heavy atom. The predicted octanol–water partition coefficient (Wildman–Crippen LogP) is 3.51. The summed E-state index contributed by atoms with van der Waals surface area (Å²) >= 11 is 0. The summed E-state index contributed by atoms with van der Waals surface area (Å²) in [6, 6.07) is 3.81. The van der Waals surface area contributed by atoms with Crippen molar-refractivity contribution in [2.75, 3.05) is 36.4 Å². The Morgan fingerprint density at radius 3 is 2.33 bits per heavy atom. The number of pyridine rings is 1. The number of hydrogen-bond acceptors (Lipinski definition) is 5.